The van der Waals surface area contributed by atoms with E-state index in [9.17, 15) is 9.90 Å². The van der Waals surface area contributed by atoms with Gasteiger partial charge in [-0.05, 0) is 78.9 Å². The van der Waals surface area contributed by atoms with E-state index in [4.69, 9.17) is 0 Å². The highest BCUT2D eigenvalue weighted by Gasteiger charge is 2.62. The molecule has 4 saturated carbocycles. The first-order valence-corrected chi connectivity index (χ1v) is 9.45. The lowest BCUT2D eigenvalue weighted by Gasteiger charge is -2.64. The first kappa shape index (κ1) is 15.2. The normalized spacial score (nSPS) is 57.9. The third-order valence-electron chi connectivity index (χ3n) is 8.60. The second kappa shape index (κ2) is 4.59. The predicted molar refractivity (Wildman–Crippen MR) is 87.4 cm³/mol. The Morgan fingerprint density at radius 2 is 1.77 bits per heavy atom. The third-order valence-corrected chi connectivity index (χ3v) is 8.60. The zero-order valence-electron chi connectivity index (χ0n) is 14.5. The molecule has 0 bridgehead atoms. The Kier molecular flexibility index (Phi) is 3.16. The van der Waals surface area contributed by atoms with Crippen molar-refractivity contribution in [1.29, 1.82) is 0 Å². The van der Waals surface area contributed by atoms with Crippen LogP contribution in [0.5, 0.6) is 0 Å². The molecule has 0 saturated heterocycles. The van der Waals surface area contributed by atoms with Crippen LogP contribution in [0.25, 0.3) is 0 Å². The number of ketones is 1. The predicted octanol–water partition coefficient (Wildman–Crippen LogP) is 4.35. The summed E-state index contributed by atoms with van der Waals surface area (Å²) >= 11 is 0. The average Bonchev–Trinajstić information content (AvgIpc) is 2.70. The van der Waals surface area contributed by atoms with Gasteiger partial charge in [0.2, 0.25) is 0 Å². The van der Waals surface area contributed by atoms with Gasteiger partial charge >= 0.3 is 0 Å². The SMILES string of the molecule is C[C@]12CC(=O)C[C@@H]1C[C@H]1[C@@](C)(CC[C@H]3C[C@H](O)CC[C@@]31C)C2. The lowest BCUT2D eigenvalue weighted by atomic mass is 9.41. The van der Waals surface area contributed by atoms with Crippen LogP contribution in [0.2, 0.25) is 0 Å². The topological polar surface area (TPSA) is 37.3 Å². The number of Topliss-reactive ketones (excluding diaryl/α,β-unsaturated/α-hetero) is 1. The smallest absolute Gasteiger partial charge is 0.133 e. The summed E-state index contributed by atoms with van der Waals surface area (Å²) in [6, 6.07) is 0. The van der Waals surface area contributed by atoms with E-state index in [0.717, 1.165) is 31.6 Å². The van der Waals surface area contributed by atoms with Crippen LogP contribution in [0.15, 0.2) is 0 Å². The van der Waals surface area contributed by atoms with Gasteiger partial charge in [0, 0.05) is 12.8 Å². The summed E-state index contributed by atoms with van der Waals surface area (Å²) < 4.78 is 0. The summed E-state index contributed by atoms with van der Waals surface area (Å²) in [4.78, 5) is 12.1. The Morgan fingerprint density at radius 3 is 2.55 bits per heavy atom. The van der Waals surface area contributed by atoms with E-state index in [-0.39, 0.29) is 11.5 Å². The molecule has 1 N–H and O–H groups in total. The fourth-order valence-electron chi connectivity index (χ4n) is 7.51. The zero-order chi connectivity index (χ0) is 15.8. The molecule has 0 aromatic carbocycles. The summed E-state index contributed by atoms with van der Waals surface area (Å²) in [6.07, 6.45) is 9.92. The molecule has 0 aromatic heterocycles. The molecular formula is C20H32O2. The van der Waals surface area contributed by atoms with Crippen molar-refractivity contribution in [3.63, 3.8) is 0 Å². The molecule has 0 unspecified atom stereocenters. The quantitative estimate of drug-likeness (QED) is 0.722. The molecule has 22 heavy (non-hydrogen) atoms. The van der Waals surface area contributed by atoms with E-state index in [2.05, 4.69) is 20.8 Å². The standard InChI is InChI=1S/C20H32O2/c1-18-6-4-13-8-15(21)5-7-20(13,3)17(18)10-14-9-16(22)11-19(14,2)12-18/h13-15,17,21H,4-12H2,1-3H3/t13-,14+,15+,17-,18-,19+,20-/m0/s1. The third kappa shape index (κ3) is 1.98. The van der Waals surface area contributed by atoms with E-state index in [1.165, 1.54) is 32.1 Å². The number of fused-ring (bicyclic) bond motifs is 4. The maximum atomic E-state index is 12.1. The highest BCUT2D eigenvalue weighted by Crippen LogP contribution is 2.69. The first-order valence-electron chi connectivity index (χ1n) is 9.45. The van der Waals surface area contributed by atoms with Crippen LogP contribution in [0.1, 0.15) is 78.6 Å². The Labute approximate surface area is 135 Å². The Morgan fingerprint density at radius 1 is 1.00 bits per heavy atom. The number of carbonyl (C=O) groups excluding carboxylic acids is 1. The minimum absolute atomic E-state index is 0.0654. The van der Waals surface area contributed by atoms with Crippen molar-refractivity contribution in [2.45, 2.75) is 84.7 Å². The molecule has 0 aromatic rings. The Balaban J connectivity index is 1.67. The number of hydrogen-bond acceptors (Lipinski definition) is 2. The largest absolute Gasteiger partial charge is 0.393 e. The Hall–Kier alpha value is -0.370. The van der Waals surface area contributed by atoms with Gasteiger partial charge in [-0.25, -0.2) is 0 Å². The number of aliphatic hydroxyl groups excluding tert-OH is 1. The van der Waals surface area contributed by atoms with Crippen LogP contribution < -0.4 is 0 Å². The summed E-state index contributed by atoms with van der Waals surface area (Å²) in [5.74, 6) is 2.60. The lowest BCUT2D eigenvalue weighted by Crippen LogP contribution is -2.56. The van der Waals surface area contributed by atoms with Crippen molar-refractivity contribution in [3.05, 3.63) is 0 Å². The monoisotopic (exact) mass is 304 g/mol. The number of rotatable bonds is 0. The minimum atomic E-state index is -0.0654. The maximum Gasteiger partial charge on any atom is 0.133 e. The summed E-state index contributed by atoms with van der Waals surface area (Å²) in [6.45, 7) is 7.43. The van der Waals surface area contributed by atoms with Gasteiger partial charge in [-0.3, -0.25) is 4.79 Å². The van der Waals surface area contributed by atoms with Crippen LogP contribution >= 0.6 is 0 Å². The molecule has 0 amide bonds. The highest BCUT2D eigenvalue weighted by atomic mass is 16.3. The minimum Gasteiger partial charge on any atom is -0.393 e. The van der Waals surface area contributed by atoms with E-state index in [0.29, 0.717) is 28.4 Å². The van der Waals surface area contributed by atoms with Crippen molar-refractivity contribution in [2.24, 2.45) is 34.0 Å². The molecule has 0 aliphatic heterocycles. The van der Waals surface area contributed by atoms with E-state index >= 15 is 0 Å². The fourth-order valence-corrected chi connectivity index (χ4v) is 7.51. The van der Waals surface area contributed by atoms with Crippen LogP contribution in [0.4, 0.5) is 0 Å². The fraction of sp³-hybridized carbons (Fsp3) is 0.950. The molecule has 7 atom stereocenters. The van der Waals surface area contributed by atoms with Crippen molar-refractivity contribution in [2.75, 3.05) is 0 Å². The van der Waals surface area contributed by atoms with Crippen LogP contribution in [-0.4, -0.2) is 17.0 Å². The van der Waals surface area contributed by atoms with E-state index in [1.807, 2.05) is 0 Å². The van der Waals surface area contributed by atoms with Gasteiger partial charge in [0.15, 0.2) is 0 Å². The van der Waals surface area contributed by atoms with Crippen molar-refractivity contribution < 1.29 is 9.90 Å². The molecule has 4 aliphatic carbocycles. The maximum absolute atomic E-state index is 12.1. The van der Waals surface area contributed by atoms with E-state index in [1.54, 1.807) is 0 Å². The molecule has 124 valence electrons. The Bertz CT molecular complexity index is 500. The van der Waals surface area contributed by atoms with Crippen LogP contribution in [0, 0.1) is 34.0 Å². The molecule has 0 spiro atoms. The van der Waals surface area contributed by atoms with Crippen molar-refractivity contribution in [3.8, 4) is 0 Å². The summed E-state index contributed by atoms with van der Waals surface area (Å²) in [7, 11) is 0. The average molecular weight is 304 g/mol. The van der Waals surface area contributed by atoms with Gasteiger partial charge in [0.1, 0.15) is 5.78 Å². The number of hydrogen-bond donors (Lipinski definition) is 1. The van der Waals surface area contributed by atoms with Gasteiger partial charge in [-0.15, -0.1) is 0 Å². The van der Waals surface area contributed by atoms with Crippen molar-refractivity contribution in [1.82, 2.24) is 0 Å². The lowest BCUT2D eigenvalue weighted by molar-refractivity contribution is -0.154. The summed E-state index contributed by atoms with van der Waals surface area (Å²) in [5.41, 5.74) is 1.10. The molecule has 4 fully saturated rings. The van der Waals surface area contributed by atoms with E-state index < -0.39 is 0 Å². The molecule has 2 nitrogen and oxygen atoms in total. The molecule has 2 heteroatoms. The van der Waals surface area contributed by atoms with Gasteiger partial charge in [0.25, 0.3) is 0 Å². The zero-order valence-corrected chi connectivity index (χ0v) is 14.5. The first-order chi connectivity index (χ1) is 10.3. The van der Waals surface area contributed by atoms with Crippen LogP contribution in [0.3, 0.4) is 0 Å². The number of aliphatic hydroxyl groups is 1. The number of carbonyl (C=O) groups is 1. The highest BCUT2D eigenvalue weighted by molar-refractivity contribution is 5.82. The summed E-state index contributed by atoms with van der Waals surface area (Å²) in [5, 5.41) is 10.1. The second-order valence-corrected chi connectivity index (χ2v) is 10.1. The van der Waals surface area contributed by atoms with Gasteiger partial charge in [-0.2, -0.15) is 0 Å². The van der Waals surface area contributed by atoms with Gasteiger partial charge < -0.3 is 5.11 Å². The van der Waals surface area contributed by atoms with Gasteiger partial charge in [0.05, 0.1) is 6.10 Å². The van der Waals surface area contributed by atoms with Crippen LogP contribution in [-0.2, 0) is 4.79 Å². The molecule has 0 heterocycles. The molecule has 0 radical (unpaired) electrons. The van der Waals surface area contributed by atoms with Crippen molar-refractivity contribution >= 4 is 5.78 Å². The van der Waals surface area contributed by atoms with Gasteiger partial charge in [-0.1, -0.05) is 20.8 Å². The molecule has 4 aliphatic rings. The molecule has 4 rings (SSSR count). The molecular weight excluding hydrogens is 272 g/mol. The second-order valence-electron chi connectivity index (χ2n) is 10.1.